The molecule has 1 aromatic heterocycles. The fraction of sp³-hybridized carbons (Fsp3) is 0.286. The first kappa shape index (κ1) is 11.9. The van der Waals surface area contributed by atoms with E-state index in [0.717, 1.165) is 6.07 Å². The molecular weight excluding hydrogens is 276 g/mol. The molecule has 0 fully saturated rings. The van der Waals surface area contributed by atoms with Gasteiger partial charge in [-0.05, 0) is 16.0 Å². The van der Waals surface area contributed by atoms with E-state index >= 15 is 0 Å². The molecule has 0 aromatic carbocycles. The van der Waals surface area contributed by atoms with Crippen molar-refractivity contribution in [1.82, 2.24) is 4.98 Å². The first-order valence-corrected chi connectivity index (χ1v) is 4.58. The van der Waals surface area contributed by atoms with Crippen LogP contribution in [0.25, 0.3) is 0 Å². The van der Waals surface area contributed by atoms with Gasteiger partial charge in [0, 0.05) is 28.0 Å². The molecule has 0 saturated carbocycles. The summed E-state index contributed by atoms with van der Waals surface area (Å²) in [5, 5.41) is 10.4. The maximum atomic E-state index is 12.4. The van der Waals surface area contributed by atoms with E-state index in [1.807, 2.05) is 0 Å². The predicted octanol–water partition coefficient (Wildman–Crippen LogP) is 2.15. The van der Waals surface area contributed by atoms with Crippen LogP contribution in [0.3, 0.4) is 0 Å². The van der Waals surface area contributed by atoms with Crippen LogP contribution in [0.15, 0.2) is 10.7 Å². The van der Waals surface area contributed by atoms with Crippen molar-refractivity contribution in [1.29, 1.82) is 0 Å². The number of nitro groups is 1. The van der Waals surface area contributed by atoms with Gasteiger partial charge < -0.3 is 15.8 Å². The van der Waals surface area contributed by atoms with Gasteiger partial charge in [0.25, 0.3) is 6.43 Å². The summed E-state index contributed by atoms with van der Waals surface area (Å²) >= 11 is 2.92. The number of nitrogens with zero attached hydrogens (tertiary/aromatic N) is 2. The van der Waals surface area contributed by atoms with Crippen molar-refractivity contribution < 1.29 is 13.7 Å². The van der Waals surface area contributed by atoms with Crippen LogP contribution in [-0.2, 0) is 6.54 Å². The molecule has 5 nitrogen and oxygen atoms in total. The molecule has 0 saturated heterocycles. The molecule has 8 heteroatoms. The monoisotopic (exact) mass is 281 g/mol. The highest BCUT2D eigenvalue weighted by Gasteiger charge is 2.25. The number of halogens is 3. The van der Waals surface area contributed by atoms with Gasteiger partial charge in [0.05, 0.1) is 0 Å². The van der Waals surface area contributed by atoms with Crippen LogP contribution >= 0.6 is 15.9 Å². The molecule has 0 aliphatic heterocycles. The molecule has 0 aliphatic rings. The van der Waals surface area contributed by atoms with Crippen molar-refractivity contribution >= 4 is 21.7 Å². The number of alkyl halides is 2. The summed E-state index contributed by atoms with van der Waals surface area (Å²) in [5.41, 5.74) is 4.84. The Morgan fingerprint density at radius 1 is 1.67 bits per heavy atom. The van der Waals surface area contributed by atoms with E-state index in [1.165, 1.54) is 0 Å². The van der Waals surface area contributed by atoms with Gasteiger partial charge >= 0.3 is 5.82 Å². The normalized spacial score (nSPS) is 10.7. The van der Waals surface area contributed by atoms with Gasteiger partial charge in [0.15, 0.2) is 0 Å². The Bertz CT molecular complexity index is 400. The Morgan fingerprint density at radius 3 is 2.67 bits per heavy atom. The van der Waals surface area contributed by atoms with Crippen molar-refractivity contribution in [2.75, 3.05) is 0 Å². The summed E-state index contributed by atoms with van der Waals surface area (Å²) in [6.45, 7) is -0.0225. The predicted molar refractivity (Wildman–Crippen MR) is 51.4 cm³/mol. The Hall–Kier alpha value is -1.15. The minimum absolute atomic E-state index is 0.0225. The second kappa shape index (κ2) is 4.58. The van der Waals surface area contributed by atoms with Crippen molar-refractivity contribution in [3.05, 3.63) is 31.9 Å². The van der Waals surface area contributed by atoms with Gasteiger partial charge in [-0.15, -0.1) is 0 Å². The van der Waals surface area contributed by atoms with Gasteiger partial charge in [-0.3, -0.25) is 0 Å². The lowest BCUT2D eigenvalue weighted by Gasteiger charge is -2.04. The van der Waals surface area contributed by atoms with E-state index in [-0.39, 0.29) is 11.1 Å². The molecular formula is C7H6BrF2N3O2. The summed E-state index contributed by atoms with van der Waals surface area (Å²) in [6.07, 6.45) is -2.95. The van der Waals surface area contributed by atoms with E-state index in [4.69, 9.17) is 5.73 Å². The molecule has 2 N–H and O–H groups in total. The Morgan fingerprint density at radius 2 is 2.27 bits per heavy atom. The first-order chi connectivity index (χ1) is 6.97. The van der Waals surface area contributed by atoms with E-state index in [0.29, 0.717) is 5.56 Å². The fourth-order valence-electron chi connectivity index (χ4n) is 0.991. The summed E-state index contributed by atoms with van der Waals surface area (Å²) < 4.78 is 25.0. The van der Waals surface area contributed by atoms with Crippen molar-refractivity contribution in [3.63, 3.8) is 0 Å². The third kappa shape index (κ3) is 2.45. The maximum absolute atomic E-state index is 12.4. The topological polar surface area (TPSA) is 82.0 Å². The number of hydrogen-bond donors (Lipinski definition) is 1. The zero-order chi connectivity index (χ0) is 11.6. The fourth-order valence-corrected chi connectivity index (χ4v) is 1.44. The quantitative estimate of drug-likeness (QED) is 0.523. The number of hydrogen-bond acceptors (Lipinski definition) is 4. The molecule has 0 amide bonds. The molecule has 0 atom stereocenters. The third-order valence-electron chi connectivity index (χ3n) is 1.68. The van der Waals surface area contributed by atoms with E-state index < -0.39 is 22.7 Å². The molecule has 0 spiro atoms. The molecule has 82 valence electrons. The average Bonchev–Trinajstić information content (AvgIpc) is 2.16. The van der Waals surface area contributed by atoms with Crippen LogP contribution in [0, 0.1) is 10.1 Å². The summed E-state index contributed by atoms with van der Waals surface area (Å²) in [5.74, 6) is -0.853. The summed E-state index contributed by atoms with van der Waals surface area (Å²) in [7, 11) is 0. The van der Waals surface area contributed by atoms with Crippen LogP contribution in [0.2, 0.25) is 0 Å². The number of aromatic nitrogens is 1. The van der Waals surface area contributed by atoms with Gasteiger partial charge in [0.1, 0.15) is 5.56 Å². The minimum Gasteiger partial charge on any atom is -0.358 e. The maximum Gasteiger partial charge on any atom is 0.373 e. The van der Waals surface area contributed by atoms with Gasteiger partial charge in [-0.1, -0.05) is 0 Å². The largest absolute Gasteiger partial charge is 0.373 e. The van der Waals surface area contributed by atoms with Gasteiger partial charge in [-0.25, -0.2) is 8.78 Å². The molecule has 1 heterocycles. The molecule has 0 aliphatic carbocycles. The number of pyridine rings is 1. The number of nitrogens with two attached hydrogens (primary N) is 1. The van der Waals surface area contributed by atoms with Crippen molar-refractivity contribution in [3.8, 4) is 0 Å². The van der Waals surface area contributed by atoms with Crippen LogP contribution in [0.4, 0.5) is 14.6 Å². The highest BCUT2D eigenvalue weighted by Crippen LogP contribution is 2.30. The standard InChI is InChI=1S/C7H6BrF2N3O2/c8-5-3(2-11)1-4(6(9)10)7(12-5)13(14)15/h1,6H,2,11H2. The molecule has 15 heavy (non-hydrogen) atoms. The second-order valence-electron chi connectivity index (χ2n) is 2.61. The molecule has 0 radical (unpaired) electrons. The third-order valence-corrected chi connectivity index (χ3v) is 2.37. The number of rotatable bonds is 3. The Labute approximate surface area is 91.6 Å². The summed E-state index contributed by atoms with van der Waals surface area (Å²) in [4.78, 5) is 12.9. The zero-order valence-electron chi connectivity index (χ0n) is 7.28. The van der Waals surface area contributed by atoms with Crippen LogP contribution < -0.4 is 5.73 Å². The van der Waals surface area contributed by atoms with Gasteiger partial charge in [0.2, 0.25) is 4.60 Å². The van der Waals surface area contributed by atoms with Crippen molar-refractivity contribution in [2.24, 2.45) is 5.73 Å². The lowest BCUT2D eigenvalue weighted by Crippen LogP contribution is -2.05. The molecule has 0 unspecified atom stereocenters. The van der Waals surface area contributed by atoms with E-state index in [1.54, 1.807) is 0 Å². The smallest absolute Gasteiger partial charge is 0.358 e. The Kier molecular flexibility index (Phi) is 3.64. The zero-order valence-corrected chi connectivity index (χ0v) is 8.87. The lowest BCUT2D eigenvalue weighted by atomic mass is 10.2. The van der Waals surface area contributed by atoms with Crippen LogP contribution in [0.5, 0.6) is 0 Å². The van der Waals surface area contributed by atoms with Crippen LogP contribution in [-0.4, -0.2) is 9.91 Å². The minimum atomic E-state index is -2.95. The van der Waals surface area contributed by atoms with E-state index in [2.05, 4.69) is 20.9 Å². The van der Waals surface area contributed by atoms with E-state index in [9.17, 15) is 18.9 Å². The molecule has 1 aromatic rings. The SMILES string of the molecule is NCc1cc(C(F)F)c([N+](=O)[O-])nc1Br. The second-order valence-corrected chi connectivity index (χ2v) is 3.36. The first-order valence-electron chi connectivity index (χ1n) is 3.79. The summed E-state index contributed by atoms with van der Waals surface area (Å²) in [6, 6.07) is 0.986. The average molecular weight is 282 g/mol. The van der Waals surface area contributed by atoms with Crippen LogP contribution in [0.1, 0.15) is 17.6 Å². The molecule has 1 rings (SSSR count). The van der Waals surface area contributed by atoms with Crippen molar-refractivity contribution in [2.45, 2.75) is 13.0 Å². The van der Waals surface area contributed by atoms with Gasteiger partial charge in [-0.2, -0.15) is 0 Å². The molecule has 0 bridgehead atoms. The highest BCUT2D eigenvalue weighted by atomic mass is 79.9. The Balaban J connectivity index is 3.38. The lowest BCUT2D eigenvalue weighted by molar-refractivity contribution is -0.391. The highest BCUT2D eigenvalue weighted by molar-refractivity contribution is 9.10.